The van der Waals surface area contributed by atoms with Crippen molar-refractivity contribution in [1.29, 1.82) is 0 Å². The standard InChI is InChI=1S/C16H18N4O2S/c1-11-8-12(2)20-15(17-11)18-16(19-20)23-10-13(21)9-22-14-6-4-3-5-7-14/h3-8,13,21H,9-10H2,1-2H3/t13-/m0/s1. The fourth-order valence-corrected chi connectivity index (χ4v) is 2.86. The van der Waals surface area contributed by atoms with E-state index in [4.69, 9.17) is 4.74 Å². The van der Waals surface area contributed by atoms with E-state index in [-0.39, 0.29) is 6.61 Å². The van der Waals surface area contributed by atoms with Crippen molar-refractivity contribution in [3.8, 4) is 5.75 Å². The van der Waals surface area contributed by atoms with E-state index >= 15 is 0 Å². The zero-order valence-corrected chi connectivity index (χ0v) is 13.8. The molecule has 0 radical (unpaired) electrons. The highest BCUT2D eigenvalue weighted by atomic mass is 32.2. The van der Waals surface area contributed by atoms with Crippen LogP contribution in [0.4, 0.5) is 0 Å². The summed E-state index contributed by atoms with van der Waals surface area (Å²) < 4.78 is 7.24. The van der Waals surface area contributed by atoms with Crippen molar-refractivity contribution in [1.82, 2.24) is 19.6 Å². The molecule has 0 amide bonds. The average Bonchev–Trinajstić information content (AvgIpc) is 2.95. The number of para-hydroxylation sites is 1. The summed E-state index contributed by atoms with van der Waals surface area (Å²) in [7, 11) is 0. The molecule has 1 atom stereocenters. The van der Waals surface area contributed by atoms with Gasteiger partial charge in [-0.3, -0.25) is 0 Å². The van der Waals surface area contributed by atoms with Gasteiger partial charge in [0.2, 0.25) is 5.16 Å². The van der Waals surface area contributed by atoms with Crippen LogP contribution in [0.1, 0.15) is 11.4 Å². The first-order chi connectivity index (χ1) is 11.1. The average molecular weight is 330 g/mol. The Balaban J connectivity index is 1.56. The molecule has 0 spiro atoms. The molecule has 23 heavy (non-hydrogen) atoms. The fourth-order valence-electron chi connectivity index (χ4n) is 2.14. The predicted octanol–water partition coefficient (Wildman–Crippen LogP) is 2.27. The highest BCUT2D eigenvalue weighted by molar-refractivity contribution is 7.99. The van der Waals surface area contributed by atoms with Gasteiger partial charge in [-0.2, -0.15) is 4.98 Å². The number of hydrogen-bond acceptors (Lipinski definition) is 6. The Labute approximate surface area is 138 Å². The smallest absolute Gasteiger partial charge is 0.253 e. The van der Waals surface area contributed by atoms with Crippen LogP contribution in [0.3, 0.4) is 0 Å². The number of ether oxygens (including phenoxy) is 1. The molecular formula is C16H18N4O2S. The van der Waals surface area contributed by atoms with Gasteiger partial charge in [0, 0.05) is 17.1 Å². The summed E-state index contributed by atoms with van der Waals surface area (Å²) in [6, 6.07) is 11.4. The molecule has 0 saturated heterocycles. The van der Waals surface area contributed by atoms with Crippen LogP contribution in [-0.2, 0) is 0 Å². The molecule has 7 heteroatoms. The first kappa shape index (κ1) is 15.8. The van der Waals surface area contributed by atoms with Gasteiger partial charge in [-0.25, -0.2) is 9.50 Å². The topological polar surface area (TPSA) is 72.5 Å². The van der Waals surface area contributed by atoms with Crippen molar-refractivity contribution in [2.75, 3.05) is 12.4 Å². The Morgan fingerprint density at radius 3 is 2.78 bits per heavy atom. The summed E-state index contributed by atoms with van der Waals surface area (Å²) in [5, 5.41) is 15.0. The molecule has 2 heterocycles. The maximum absolute atomic E-state index is 10.0. The molecule has 1 aromatic carbocycles. The van der Waals surface area contributed by atoms with Gasteiger partial charge in [0.05, 0.1) is 6.10 Å². The molecule has 0 aliphatic rings. The number of benzene rings is 1. The number of aromatic nitrogens is 4. The van der Waals surface area contributed by atoms with Gasteiger partial charge >= 0.3 is 0 Å². The van der Waals surface area contributed by atoms with Crippen LogP contribution >= 0.6 is 11.8 Å². The number of aliphatic hydroxyl groups excluding tert-OH is 1. The molecule has 0 aliphatic carbocycles. The largest absolute Gasteiger partial charge is 0.491 e. The van der Waals surface area contributed by atoms with Crippen LogP contribution in [0.2, 0.25) is 0 Å². The number of hydrogen-bond donors (Lipinski definition) is 1. The van der Waals surface area contributed by atoms with E-state index in [2.05, 4.69) is 15.1 Å². The molecule has 0 bridgehead atoms. The molecule has 0 saturated carbocycles. The summed E-state index contributed by atoms with van der Waals surface area (Å²) in [6.07, 6.45) is -0.595. The minimum atomic E-state index is -0.595. The molecule has 3 aromatic rings. The monoisotopic (exact) mass is 330 g/mol. The van der Waals surface area contributed by atoms with Crippen molar-refractivity contribution in [2.45, 2.75) is 25.1 Å². The van der Waals surface area contributed by atoms with E-state index in [1.807, 2.05) is 50.2 Å². The number of thioether (sulfide) groups is 1. The van der Waals surface area contributed by atoms with Gasteiger partial charge < -0.3 is 9.84 Å². The summed E-state index contributed by atoms with van der Waals surface area (Å²) in [6.45, 7) is 4.13. The van der Waals surface area contributed by atoms with E-state index < -0.39 is 6.10 Å². The fraction of sp³-hybridized carbons (Fsp3) is 0.312. The zero-order chi connectivity index (χ0) is 16.2. The second-order valence-electron chi connectivity index (χ2n) is 5.23. The molecule has 3 rings (SSSR count). The Bertz CT molecular complexity index is 791. The highest BCUT2D eigenvalue weighted by Gasteiger charge is 2.11. The summed E-state index contributed by atoms with van der Waals surface area (Å²) in [5.74, 6) is 1.79. The normalized spacial score (nSPS) is 12.5. The third-order valence-electron chi connectivity index (χ3n) is 3.19. The number of fused-ring (bicyclic) bond motifs is 1. The maximum atomic E-state index is 10.0. The van der Waals surface area contributed by atoms with Gasteiger partial charge in [-0.05, 0) is 32.0 Å². The van der Waals surface area contributed by atoms with Crippen molar-refractivity contribution >= 4 is 17.5 Å². The van der Waals surface area contributed by atoms with Crippen molar-refractivity contribution in [2.24, 2.45) is 0 Å². The first-order valence-corrected chi connectivity index (χ1v) is 8.30. The van der Waals surface area contributed by atoms with E-state index in [0.29, 0.717) is 16.7 Å². The number of aryl methyl sites for hydroxylation is 2. The molecular weight excluding hydrogens is 312 g/mol. The lowest BCUT2D eigenvalue weighted by Crippen LogP contribution is -2.20. The predicted molar refractivity (Wildman–Crippen MR) is 88.9 cm³/mol. The Morgan fingerprint density at radius 1 is 1.22 bits per heavy atom. The van der Waals surface area contributed by atoms with Gasteiger partial charge in [0.25, 0.3) is 5.78 Å². The van der Waals surface area contributed by atoms with Crippen LogP contribution in [0.15, 0.2) is 41.6 Å². The van der Waals surface area contributed by atoms with Crippen molar-refractivity contribution in [3.63, 3.8) is 0 Å². The minimum absolute atomic E-state index is 0.237. The SMILES string of the molecule is Cc1cc(C)n2nc(SC[C@@H](O)COc3ccccc3)nc2n1. The summed E-state index contributed by atoms with van der Waals surface area (Å²) in [4.78, 5) is 8.73. The van der Waals surface area contributed by atoms with Crippen LogP contribution in [0.5, 0.6) is 5.75 Å². The molecule has 0 aliphatic heterocycles. The molecule has 1 N–H and O–H groups in total. The van der Waals surface area contributed by atoms with E-state index in [1.165, 1.54) is 11.8 Å². The lowest BCUT2D eigenvalue weighted by molar-refractivity contribution is 0.126. The molecule has 2 aromatic heterocycles. The lowest BCUT2D eigenvalue weighted by atomic mass is 10.3. The Hall–Kier alpha value is -2.12. The highest BCUT2D eigenvalue weighted by Crippen LogP contribution is 2.17. The third kappa shape index (κ3) is 4.00. The zero-order valence-electron chi connectivity index (χ0n) is 13.0. The second-order valence-corrected chi connectivity index (χ2v) is 6.22. The quantitative estimate of drug-likeness (QED) is 0.699. The molecule has 6 nitrogen and oxygen atoms in total. The third-order valence-corrected chi connectivity index (χ3v) is 4.17. The van der Waals surface area contributed by atoms with Gasteiger partial charge in [0.15, 0.2) is 0 Å². The van der Waals surface area contributed by atoms with E-state index in [0.717, 1.165) is 17.1 Å². The van der Waals surface area contributed by atoms with E-state index in [1.54, 1.807) is 4.52 Å². The number of nitrogens with zero attached hydrogens (tertiary/aromatic N) is 4. The summed E-state index contributed by atoms with van der Waals surface area (Å²) in [5.41, 5.74) is 1.90. The molecule has 0 unspecified atom stereocenters. The molecule has 0 fully saturated rings. The first-order valence-electron chi connectivity index (χ1n) is 7.31. The van der Waals surface area contributed by atoms with Crippen molar-refractivity contribution < 1.29 is 9.84 Å². The maximum Gasteiger partial charge on any atom is 0.253 e. The van der Waals surface area contributed by atoms with Gasteiger partial charge in [0.1, 0.15) is 12.4 Å². The molecule has 120 valence electrons. The lowest BCUT2D eigenvalue weighted by Gasteiger charge is -2.10. The second kappa shape index (κ2) is 6.97. The Kier molecular flexibility index (Phi) is 4.78. The van der Waals surface area contributed by atoms with Crippen molar-refractivity contribution in [3.05, 3.63) is 47.8 Å². The van der Waals surface area contributed by atoms with Gasteiger partial charge in [-0.15, -0.1) is 5.10 Å². The Morgan fingerprint density at radius 2 is 2.00 bits per heavy atom. The van der Waals surface area contributed by atoms with E-state index in [9.17, 15) is 5.11 Å². The summed E-state index contributed by atoms with van der Waals surface area (Å²) >= 11 is 1.39. The number of rotatable bonds is 6. The van der Waals surface area contributed by atoms with Crippen LogP contribution < -0.4 is 4.74 Å². The van der Waals surface area contributed by atoms with Crippen LogP contribution in [0, 0.1) is 13.8 Å². The van der Waals surface area contributed by atoms with Crippen LogP contribution in [-0.4, -0.2) is 43.2 Å². The van der Waals surface area contributed by atoms with Gasteiger partial charge in [-0.1, -0.05) is 30.0 Å². The number of aliphatic hydroxyl groups is 1. The van der Waals surface area contributed by atoms with Crippen LogP contribution in [0.25, 0.3) is 5.78 Å². The minimum Gasteiger partial charge on any atom is -0.491 e.